The summed E-state index contributed by atoms with van der Waals surface area (Å²) in [6, 6.07) is 11.6. The average Bonchev–Trinajstić information content (AvgIpc) is 2.79. The molecule has 5 N–H and O–H groups in total. The highest BCUT2D eigenvalue weighted by Gasteiger charge is 2.36. The molecule has 0 aliphatic carbocycles. The maximum atomic E-state index is 13.6. The second-order valence-corrected chi connectivity index (χ2v) is 8.77. The maximum Gasteiger partial charge on any atom is 0.421 e. The van der Waals surface area contributed by atoms with Crippen molar-refractivity contribution in [1.29, 1.82) is 0 Å². The minimum Gasteiger partial charge on any atom is -0.364 e. The number of ether oxygens (including phenoxy) is 1. The number of carbonyl (C=O) groups is 1. The van der Waals surface area contributed by atoms with Crippen molar-refractivity contribution in [3.63, 3.8) is 0 Å². The van der Waals surface area contributed by atoms with Gasteiger partial charge in [0.2, 0.25) is 5.95 Å². The third-order valence-electron chi connectivity index (χ3n) is 4.73. The van der Waals surface area contributed by atoms with Crippen LogP contribution in [0.3, 0.4) is 0 Å². The number of halogens is 3. The van der Waals surface area contributed by atoms with Gasteiger partial charge in [0.1, 0.15) is 11.4 Å². The lowest BCUT2D eigenvalue weighted by molar-refractivity contribution is -0.137. The Morgan fingerprint density at radius 3 is 2.31 bits per heavy atom. The van der Waals surface area contributed by atoms with Crippen LogP contribution in [-0.4, -0.2) is 39.8 Å². The van der Waals surface area contributed by atoms with Crippen LogP contribution in [0.1, 0.15) is 27.3 Å². The number of rotatable bonds is 8. The van der Waals surface area contributed by atoms with Crippen LogP contribution >= 0.6 is 7.60 Å². The minimum atomic E-state index is -4.78. The number of amides is 1. The summed E-state index contributed by atoms with van der Waals surface area (Å²) in [5.74, 6) is -2.73. The molecule has 186 valence electrons. The van der Waals surface area contributed by atoms with Gasteiger partial charge in [-0.1, -0.05) is 24.3 Å². The van der Waals surface area contributed by atoms with Crippen LogP contribution in [0.4, 0.5) is 36.3 Å². The topological polar surface area (TPSA) is 146 Å². The van der Waals surface area contributed by atoms with Crippen molar-refractivity contribution in [2.45, 2.75) is 12.0 Å². The molecule has 3 aromatic rings. The zero-order valence-electron chi connectivity index (χ0n) is 18.4. The Kier molecular flexibility index (Phi) is 7.76. The molecular weight excluding hydrogens is 490 g/mol. The van der Waals surface area contributed by atoms with Gasteiger partial charge in [-0.05, 0) is 29.8 Å². The van der Waals surface area contributed by atoms with E-state index in [1.807, 2.05) is 0 Å². The summed E-state index contributed by atoms with van der Waals surface area (Å²) in [4.78, 5) is 38.5. The van der Waals surface area contributed by atoms with E-state index < -0.39 is 36.9 Å². The quantitative estimate of drug-likeness (QED) is 0.281. The first-order valence-corrected chi connectivity index (χ1v) is 11.6. The Bertz CT molecular complexity index is 1250. The Morgan fingerprint density at radius 2 is 1.74 bits per heavy atom. The molecular formula is C21H21F3N5O5P. The first-order valence-electron chi connectivity index (χ1n) is 9.91. The molecule has 0 bridgehead atoms. The minimum absolute atomic E-state index is 0.106. The molecule has 3 rings (SSSR count). The fraction of sp³-hybridized carbons (Fsp3) is 0.190. The van der Waals surface area contributed by atoms with Crippen LogP contribution in [-0.2, 0) is 15.5 Å². The number of benzene rings is 2. The van der Waals surface area contributed by atoms with E-state index in [-0.39, 0.29) is 22.8 Å². The predicted octanol–water partition coefficient (Wildman–Crippen LogP) is 4.16. The highest BCUT2D eigenvalue weighted by Crippen LogP contribution is 2.52. The van der Waals surface area contributed by atoms with E-state index in [0.717, 1.165) is 7.11 Å². The zero-order chi connectivity index (χ0) is 25.8. The van der Waals surface area contributed by atoms with Gasteiger partial charge >= 0.3 is 13.8 Å². The van der Waals surface area contributed by atoms with Crippen LogP contribution in [0.25, 0.3) is 0 Å². The lowest BCUT2D eigenvalue weighted by atomic mass is 10.1. The highest BCUT2D eigenvalue weighted by molar-refractivity contribution is 7.52. The molecule has 1 aromatic heterocycles. The number of methoxy groups -OCH3 is 1. The molecule has 0 spiro atoms. The predicted molar refractivity (Wildman–Crippen MR) is 122 cm³/mol. The summed E-state index contributed by atoms with van der Waals surface area (Å²) in [6.07, 6.45) is -4.18. The van der Waals surface area contributed by atoms with Crippen molar-refractivity contribution in [3.05, 3.63) is 71.4 Å². The number of nitrogens with one attached hydrogen (secondary N) is 3. The van der Waals surface area contributed by atoms with Gasteiger partial charge < -0.3 is 30.5 Å². The van der Waals surface area contributed by atoms with E-state index in [2.05, 4.69) is 25.9 Å². The number of aromatic nitrogens is 2. The van der Waals surface area contributed by atoms with Gasteiger partial charge in [-0.2, -0.15) is 18.2 Å². The summed E-state index contributed by atoms with van der Waals surface area (Å²) in [5, 5.41) is 7.72. The van der Waals surface area contributed by atoms with Crippen LogP contribution in [0, 0.1) is 0 Å². The van der Waals surface area contributed by atoms with Gasteiger partial charge in [-0.3, -0.25) is 9.36 Å². The fourth-order valence-electron chi connectivity index (χ4n) is 3.12. The monoisotopic (exact) mass is 511 g/mol. The van der Waals surface area contributed by atoms with Crippen molar-refractivity contribution in [2.24, 2.45) is 0 Å². The first-order chi connectivity index (χ1) is 16.4. The Labute approximate surface area is 197 Å². The van der Waals surface area contributed by atoms with Crippen molar-refractivity contribution >= 4 is 36.6 Å². The second-order valence-electron chi connectivity index (χ2n) is 7.13. The molecule has 1 heterocycles. The number of anilines is 4. The summed E-state index contributed by atoms with van der Waals surface area (Å²) in [6.45, 7) is 0. The lowest BCUT2D eigenvalue weighted by Crippen LogP contribution is -2.20. The average molecular weight is 511 g/mol. The van der Waals surface area contributed by atoms with Gasteiger partial charge in [0, 0.05) is 26.0 Å². The van der Waals surface area contributed by atoms with Gasteiger partial charge in [0.05, 0.1) is 11.3 Å². The molecule has 1 unspecified atom stereocenters. The largest absolute Gasteiger partial charge is 0.421 e. The smallest absolute Gasteiger partial charge is 0.364 e. The van der Waals surface area contributed by atoms with Crippen molar-refractivity contribution in [3.8, 4) is 0 Å². The second kappa shape index (κ2) is 10.4. The SMILES string of the molecule is CNC(=O)c1ccccc1Nc1nc(Nc2ccc(C(OC)P(=O)(O)O)cc2)ncc1C(F)(F)F. The molecule has 14 heteroatoms. The molecule has 0 aliphatic heterocycles. The molecule has 0 aliphatic rings. The van der Waals surface area contributed by atoms with Crippen molar-refractivity contribution < 1.29 is 37.1 Å². The van der Waals surface area contributed by atoms with E-state index in [1.165, 1.54) is 43.4 Å². The van der Waals surface area contributed by atoms with Gasteiger partial charge in [0.25, 0.3) is 5.91 Å². The van der Waals surface area contributed by atoms with Gasteiger partial charge in [-0.25, -0.2) is 4.98 Å². The number of para-hydroxylation sites is 1. The molecule has 0 saturated carbocycles. The number of alkyl halides is 3. The molecule has 0 radical (unpaired) electrons. The summed E-state index contributed by atoms with van der Waals surface area (Å²) >= 11 is 0. The van der Waals surface area contributed by atoms with Crippen LogP contribution in [0.15, 0.2) is 54.7 Å². The molecule has 0 saturated heterocycles. The fourth-order valence-corrected chi connectivity index (χ4v) is 3.96. The number of hydrogen-bond donors (Lipinski definition) is 5. The van der Waals surface area contributed by atoms with Crippen molar-refractivity contribution in [2.75, 3.05) is 24.8 Å². The third kappa shape index (κ3) is 6.34. The summed E-state index contributed by atoms with van der Waals surface area (Å²) in [5.41, 5.74) is -0.382. The Balaban J connectivity index is 1.93. The van der Waals surface area contributed by atoms with Crippen LogP contribution < -0.4 is 16.0 Å². The number of hydrogen-bond acceptors (Lipinski definition) is 7. The van der Waals surface area contributed by atoms with Crippen LogP contribution in [0.5, 0.6) is 0 Å². The van der Waals surface area contributed by atoms with Gasteiger partial charge in [-0.15, -0.1) is 0 Å². The first kappa shape index (κ1) is 26.1. The molecule has 1 amide bonds. The highest BCUT2D eigenvalue weighted by atomic mass is 31.2. The van der Waals surface area contributed by atoms with Crippen LogP contribution in [0.2, 0.25) is 0 Å². The van der Waals surface area contributed by atoms with Gasteiger partial charge in [0.15, 0.2) is 5.85 Å². The molecule has 1 atom stereocenters. The van der Waals surface area contributed by atoms with E-state index in [4.69, 9.17) is 4.74 Å². The Hall–Kier alpha value is -3.51. The third-order valence-corrected chi connectivity index (χ3v) is 5.85. The summed E-state index contributed by atoms with van der Waals surface area (Å²) < 4.78 is 57.2. The maximum absolute atomic E-state index is 13.6. The number of nitrogens with zero attached hydrogens (tertiary/aromatic N) is 2. The summed E-state index contributed by atoms with van der Waals surface area (Å²) in [7, 11) is -2.01. The molecule has 35 heavy (non-hydrogen) atoms. The van der Waals surface area contributed by atoms with E-state index >= 15 is 0 Å². The van der Waals surface area contributed by atoms with Crippen molar-refractivity contribution in [1.82, 2.24) is 15.3 Å². The standard InChI is InChI=1S/C21H21F3N5O5P/c1-25-18(30)14-5-3-4-6-16(14)28-17-15(21(22,23)24)11-26-20(29-17)27-13-9-7-12(8-10-13)19(34-2)35(31,32)33/h3-11,19H,1-2H3,(H,25,30)(H2,31,32,33)(H2,26,27,28,29). The normalized spacial score (nSPS) is 12.7. The van der Waals surface area contributed by atoms with E-state index in [0.29, 0.717) is 11.9 Å². The van der Waals surface area contributed by atoms with E-state index in [9.17, 15) is 32.3 Å². The van der Waals surface area contributed by atoms with E-state index in [1.54, 1.807) is 12.1 Å². The molecule has 10 nitrogen and oxygen atoms in total. The molecule has 2 aromatic carbocycles. The molecule has 0 fully saturated rings. The zero-order valence-corrected chi connectivity index (χ0v) is 19.3. The lowest BCUT2D eigenvalue weighted by Gasteiger charge is -2.18. The Morgan fingerprint density at radius 1 is 1.09 bits per heavy atom. The number of carbonyl (C=O) groups excluding carboxylic acids is 1.